The SMILES string of the molecule is CC(C)C1CCCN1c1ccc(/C(N)=N/O)c(Br)c1. The lowest BCUT2D eigenvalue weighted by atomic mass is 10.0. The first-order valence-corrected chi connectivity index (χ1v) is 7.38. The molecule has 1 aliphatic rings. The van der Waals surface area contributed by atoms with Crippen molar-refractivity contribution in [1.29, 1.82) is 0 Å². The average Bonchev–Trinajstić information content (AvgIpc) is 2.87. The van der Waals surface area contributed by atoms with E-state index < -0.39 is 0 Å². The molecule has 1 unspecified atom stereocenters. The molecular formula is C14H20BrN3O. The van der Waals surface area contributed by atoms with Crippen molar-refractivity contribution < 1.29 is 5.21 Å². The Kier molecular flexibility index (Phi) is 4.34. The molecule has 1 aromatic rings. The van der Waals surface area contributed by atoms with Crippen LogP contribution in [0.1, 0.15) is 32.3 Å². The van der Waals surface area contributed by atoms with Crippen LogP contribution in [0.4, 0.5) is 5.69 Å². The minimum absolute atomic E-state index is 0.125. The Morgan fingerprint density at radius 3 is 2.84 bits per heavy atom. The number of anilines is 1. The Hall–Kier alpha value is -1.23. The van der Waals surface area contributed by atoms with Gasteiger partial charge >= 0.3 is 0 Å². The fraction of sp³-hybridized carbons (Fsp3) is 0.500. The molecule has 1 saturated heterocycles. The van der Waals surface area contributed by atoms with Crippen LogP contribution in [0.2, 0.25) is 0 Å². The van der Waals surface area contributed by atoms with E-state index in [9.17, 15) is 0 Å². The molecule has 0 aromatic heterocycles. The standard InChI is InChI=1S/C14H20BrN3O/c1-9(2)13-4-3-7-18(13)10-5-6-11(12(15)8-10)14(16)17-19/h5-6,8-9,13,19H,3-4,7H2,1-2H3,(H2,16,17). The molecule has 0 amide bonds. The van der Waals surface area contributed by atoms with Crippen LogP contribution in [0.15, 0.2) is 27.8 Å². The van der Waals surface area contributed by atoms with Gasteiger partial charge < -0.3 is 15.8 Å². The van der Waals surface area contributed by atoms with Crippen LogP contribution >= 0.6 is 15.9 Å². The van der Waals surface area contributed by atoms with Crippen LogP contribution in [0.3, 0.4) is 0 Å². The maximum Gasteiger partial charge on any atom is 0.171 e. The highest BCUT2D eigenvalue weighted by Crippen LogP contribution is 2.32. The predicted molar refractivity (Wildman–Crippen MR) is 81.9 cm³/mol. The van der Waals surface area contributed by atoms with E-state index in [0.717, 1.165) is 11.0 Å². The van der Waals surface area contributed by atoms with Gasteiger partial charge in [-0.15, -0.1) is 0 Å². The van der Waals surface area contributed by atoms with E-state index in [1.54, 1.807) is 0 Å². The highest BCUT2D eigenvalue weighted by Gasteiger charge is 2.27. The molecule has 0 aliphatic carbocycles. The third kappa shape index (κ3) is 2.86. The van der Waals surface area contributed by atoms with Gasteiger partial charge in [0.15, 0.2) is 5.84 Å². The highest BCUT2D eigenvalue weighted by molar-refractivity contribution is 9.10. The molecule has 3 N–H and O–H groups in total. The summed E-state index contributed by atoms with van der Waals surface area (Å²) in [6.45, 7) is 5.63. The molecule has 1 aromatic carbocycles. The fourth-order valence-electron chi connectivity index (χ4n) is 2.75. The summed E-state index contributed by atoms with van der Waals surface area (Å²) in [4.78, 5) is 2.45. The van der Waals surface area contributed by atoms with Gasteiger partial charge in [-0.25, -0.2) is 0 Å². The smallest absolute Gasteiger partial charge is 0.171 e. The van der Waals surface area contributed by atoms with E-state index in [0.29, 0.717) is 17.5 Å². The lowest BCUT2D eigenvalue weighted by Gasteiger charge is -2.30. The molecule has 0 bridgehead atoms. The molecule has 19 heavy (non-hydrogen) atoms. The number of benzene rings is 1. The number of hydrogen-bond acceptors (Lipinski definition) is 3. The summed E-state index contributed by atoms with van der Waals surface area (Å²) in [7, 11) is 0. The van der Waals surface area contributed by atoms with Gasteiger partial charge in [0.05, 0.1) is 0 Å². The topological polar surface area (TPSA) is 61.8 Å². The molecule has 1 aliphatic heterocycles. The molecule has 2 rings (SSSR count). The zero-order chi connectivity index (χ0) is 14.0. The van der Waals surface area contributed by atoms with Crippen LogP contribution in [-0.2, 0) is 0 Å². The van der Waals surface area contributed by atoms with Crippen molar-refractivity contribution >= 4 is 27.5 Å². The van der Waals surface area contributed by atoms with Crippen LogP contribution in [0.25, 0.3) is 0 Å². The zero-order valence-electron chi connectivity index (χ0n) is 11.3. The van der Waals surface area contributed by atoms with Crippen molar-refractivity contribution in [2.24, 2.45) is 16.8 Å². The molecule has 1 atom stereocenters. The lowest BCUT2D eigenvalue weighted by Crippen LogP contribution is -2.33. The summed E-state index contributed by atoms with van der Waals surface area (Å²) in [5.74, 6) is 0.769. The normalized spacial score (nSPS) is 20.3. The molecule has 4 nitrogen and oxygen atoms in total. The quantitative estimate of drug-likeness (QED) is 0.388. The molecule has 0 saturated carbocycles. The summed E-state index contributed by atoms with van der Waals surface area (Å²) in [5.41, 5.74) is 7.54. The lowest BCUT2D eigenvalue weighted by molar-refractivity contribution is 0.318. The monoisotopic (exact) mass is 325 g/mol. The van der Waals surface area contributed by atoms with Crippen molar-refractivity contribution in [3.8, 4) is 0 Å². The number of hydrogen-bond donors (Lipinski definition) is 2. The van der Waals surface area contributed by atoms with Gasteiger partial charge in [-0.1, -0.05) is 19.0 Å². The number of halogens is 1. The largest absolute Gasteiger partial charge is 0.409 e. The molecule has 1 heterocycles. The van der Waals surface area contributed by atoms with Crippen LogP contribution in [-0.4, -0.2) is 23.6 Å². The summed E-state index contributed by atoms with van der Waals surface area (Å²) < 4.78 is 0.856. The third-order valence-electron chi connectivity index (χ3n) is 3.74. The Morgan fingerprint density at radius 2 is 2.26 bits per heavy atom. The first-order valence-electron chi connectivity index (χ1n) is 6.58. The summed E-state index contributed by atoms with van der Waals surface area (Å²) in [5, 5.41) is 11.8. The molecule has 1 fully saturated rings. The first-order chi connectivity index (χ1) is 9.04. The van der Waals surface area contributed by atoms with Crippen LogP contribution in [0.5, 0.6) is 0 Å². The van der Waals surface area contributed by atoms with Crippen molar-refractivity contribution in [2.75, 3.05) is 11.4 Å². The van der Waals surface area contributed by atoms with Gasteiger partial charge in [-0.3, -0.25) is 0 Å². The van der Waals surface area contributed by atoms with E-state index in [1.807, 2.05) is 18.2 Å². The number of nitrogens with two attached hydrogens (primary N) is 1. The number of nitrogens with zero attached hydrogens (tertiary/aromatic N) is 2. The van der Waals surface area contributed by atoms with Gasteiger partial charge in [-0.05, 0) is 52.9 Å². The first kappa shape index (κ1) is 14.2. The van der Waals surface area contributed by atoms with Crippen molar-refractivity contribution in [3.63, 3.8) is 0 Å². The van der Waals surface area contributed by atoms with Gasteiger partial charge in [0.1, 0.15) is 0 Å². The van der Waals surface area contributed by atoms with Crippen LogP contribution < -0.4 is 10.6 Å². The van der Waals surface area contributed by atoms with E-state index in [2.05, 4.69) is 39.8 Å². The Bertz CT molecular complexity index is 488. The number of amidine groups is 1. The van der Waals surface area contributed by atoms with E-state index >= 15 is 0 Å². The van der Waals surface area contributed by atoms with Crippen LogP contribution in [0, 0.1) is 5.92 Å². The third-order valence-corrected chi connectivity index (χ3v) is 4.39. The highest BCUT2D eigenvalue weighted by atomic mass is 79.9. The predicted octanol–water partition coefficient (Wildman–Crippen LogP) is 3.17. The average molecular weight is 326 g/mol. The maximum absolute atomic E-state index is 8.74. The Morgan fingerprint density at radius 1 is 1.53 bits per heavy atom. The minimum atomic E-state index is 0.125. The Labute approximate surface area is 122 Å². The Balaban J connectivity index is 2.29. The van der Waals surface area contributed by atoms with Crippen molar-refractivity contribution in [2.45, 2.75) is 32.7 Å². The zero-order valence-corrected chi connectivity index (χ0v) is 12.9. The van der Waals surface area contributed by atoms with E-state index in [4.69, 9.17) is 10.9 Å². The molecule has 104 valence electrons. The second-order valence-corrected chi connectivity index (χ2v) is 6.15. The maximum atomic E-state index is 8.74. The second kappa shape index (κ2) is 5.82. The summed E-state index contributed by atoms with van der Waals surface area (Å²) >= 11 is 3.49. The van der Waals surface area contributed by atoms with Gasteiger partial charge in [-0.2, -0.15) is 0 Å². The van der Waals surface area contributed by atoms with Gasteiger partial charge in [0.2, 0.25) is 0 Å². The second-order valence-electron chi connectivity index (χ2n) is 5.30. The minimum Gasteiger partial charge on any atom is -0.409 e. The summed E-state index contributed by atoms with van der Waals surface area (Å²) in [6.07, 6.45) is 2.49. The van der Waals surface area contributed by atoms with Crippen molar-refractivity contribution in [3.05, 3.63) is 28.2 Å². The van der Waals surface area contributed by atoms with Crippen molar-refractivity contribution in [1.82, 2.24) is 0 Å². The van der Waals surface area contributed by atoms with Gasteiger partial charge in [0, 0.05) is 28.3 Å². The molecule has 0 radical (unpaired) electrons. The molecule has 5 heteroatoms. The number of oxime groups is 1. The number of rotatable bonds is 3. The van der Waals surface area contributed by atoms with E-state index in [1.165, 1.54) is 18.5 Å². The van der Waals surface area contributed by atoms with E-state index in [-0.39, 0.29) is 5.84 Å². The fourth-order valence-corrected chi connectivity index (χ4v) is 3.32. The molecular weight excluding hydrogens is 306 g/mol. The van der Waals surface area contributed by atoms with Gasteiger partial charge in [0.25, 0.3) is 0 Å². The summed E-state index contributed by atoms with van der Waals surface area (Å²) in [6, 6.07) is 6.58. The molecule has 0 spiro atoms.